The first-order valence-electron chi connectivity index (χ1n) is 20.0. The predicted molar refractivity (Wildman–Crippen MR) is 235 cm³/mol. The number of halogens is 2. The van der Waals surface area contributed by atoms with Gasteiger partial charge >= 0.3 is 0 Å². The lowest BCUT2D eigenvalue weighted by molar-refractivity contribution is -0.147. The van der Waals surface area contributed by atoms with Gasteiger partial charge in [0.1, 0.15) is 30.2 Å². The average Bonchev–Trinajstić information content (AvgIpc) is 3.75. The van der Waals surface area contributed by atoms with Crippen LogP contribution in [0.2, 0.25) is 0 Å². The molecule has 60 heavy (non-hydrogen) atoms. The average molecular weight is 1070 g/mol. The first-order valence-corrected chi connectivity index (χ1v) is 26.3. The fourth-order valence-electron chi connectivity index (χ4n) is 7.73. The van der Waals surface area contributed by atoms with E-state index in [1.165, 1.54) is 20.8 Å². The Labute approximate surface area is 373 Å². The number of fused-ring (bicyclic) bond motifs is 2. The number of aliphatic hydroxyl groups excluding tert-OH is 6. The van der Waals surface area contributed by atoms with Crippen LogP contribution >= 0.6 is 37.2 Å². The van der Waals surface area contributed by atoms with E-state index in [1.807, 2.05) is 19.9 Å². The number of hydrogen-bond acceptors (Lipinski definition) is 13. The number of nitrogens with two attached hydrogens (primary N) is 1. The molecule has 0 radical (unpaired) electrons. The summed E-state index contributed by atoms with van der Waals surface area (Å²) in [6.45, 7) is 10.5. The Morgan fingerprint density at radius 3 is 1.93 bits per heavy atom. The minimum absolute atomic E-state index is 0.0736. The number of carbonyl (C=O) groups is 6. The van der Waals surface area contributed by atoms with Gasteiger partial charge in [0.05, 0.1) is 48.7 Å². The standard InChI is InChI=1S/C39H61N7O12.I2/c1-8-26(49)29-39(58)46-14-18(4)32(51)31(46)37(56)41-20(6)27(50)13-24(40)34(53)42-28(21(7)47)38(57)45-15-23(48)12-25(45)35(54)44-30(36(55)43-29)33(52)19(5)22-10-9-16(2)17(3)11-22;1-2/h9-11,18-21,23-33,47-52H,8,12-15,40H2,1-7H3,(H,41,56)(H,42,53)(H,43,55)(H,44,54);. The minimum Gasteiger partial charge on any atom is -0.391 e. The summed E-state index contributed by atoms with van der Waals surface area (Å²) in [5.41, 5.74) is 8.53. The van der Waals surface area contributed by atoms with Crippen LogP contribution in [0, 0.1) is 19.8 Å². The Hall–Kier alpha value is -2.78. The third kappa shape index (κ3) is 12.0. The molecule has 0 aromatic heterocycles. The summed E-state index contributed by atoms with van der Waals surface area (Å²) in [7, 11) is 0. The lowest BCUT2D eigenvalue weighted by atomic mass is 9.88. The maximum Gasteiger partial charge on any atom is 0.248 e. The molecule has 3 fully saturated rings. The van der Waals surface area contributed by atoms with Crippen LogP contribution in [-0.2, 0) is 28.8 Å². The molecule has 12 N–H and O–H groups in total. The van der Waals surface area contributed by atoms with E-state index in [2.05, 4.69) is 58.5 Å². The molecule has 21 heteroatoms. The van der Waals surface area contributed by atoms with Gasteiger partial charge < -0.3 is 67.4 Å². The highest BCUT2D eigenvalue weighted by atomic mass is 128. The predicted octanol–water partition coefficient (Wildman–Crippen LogP) is -2.09. The number of carbonyl (C=O) groups excluding carboxylic acids is 6. The number of amides is 6. The number of aryl methyl sites for hydroxylation is 2. The van der Waals surface area contributed by atoms with Crippen LogP contribution in [0.4, 0.5) is 0 Å². The van der Waals surface area contributed by atoms with Crippen LogP contribution in [0.25, 0.3) is 0 Å². The van der Waals surface area contributed by atoms with E-state index in [0.717, 1.165) is 20.9 Å². The van der Waals surface area contributed by atoms with Gasteiger partial charge in [-0.05, 0) is 57.2 Å². The highest BCUT2D eigenvalue weighted by Gasteiger charge is 2.50. The van der Waals surface area contributed by atoms with E-state index >= 15 is 0 Å². The molecular formula is C39H61I2N7O12. The van der Waals surface area contributed by atoms with E-state index in [1.54, 1.807) is 26.0 Å². The summed E-state index contributed by atoms with van der Waals surface area (Å²) in [4.78, 5) is 85.8. The second-order valence-corrected chi connectivity index (χ2v) is 16.3. The molecule has 1 aromatic carbocycles. The first kappa shape index (κ1) is 51.6. The molecular weight excluding hydrogens is 1010 g/mol. The third-order valence-electron chi connectivity index (χ3n) is 11.8. The molecule has 0 aliphatic carbocycles. The van der Waals surface area contributed by atoms with Crippen molar-refractivity contribution in [3.8, 4) is 0 Å². The fourth-order valence-corrected chi connectivity index (χ4v) is 7.73. The van der Waals surface area contributed by atoms with Crippen molar-refractivity contribution in [1.82, 2.24) is 31.1 Å². The van der Waals surface area contributed by atoms with Crippen LogP contribution in [0.5, 0.6) is 0 Å². The molecule has 1 aromatic rings. The van der Waals surface area contributed by atoms with Crippen molar-refractivity contribution in [2.24, 2.45) is 11.7 Å². The first-order chi connectivity index (χ1) is 28.1. The van der Waals surface area contributed by atoms with E-state index in [-0.39, 0.29) is 19.4 Å². The zero-order valence-corrected chi connectivity index (χ0v) is 39.1. The molecule has 338 valence electrons. The van der Waals surface area contributed by atoms with Gasteiger partial charge in [0.25, 0.3) is 0 Å². The summed E-state index contributed by atoms with van der Waals surface area (Å²) in [6.07, 6.45) is -9.76. The molecule has 15 atom stereocenters. The Kier molecular flexibility index (Phi) is 19.4. The molecule has 0 spiro atoms. The largest absolute Gasteiger partial charge is 0.391 e. The van der Waals surface area contributed by atoms with Crippen LogP contribution in [0.3, 0.4) is 0 Å². The zero-order valence-electron chi connectivity index (χ0n) is 34.8. The Bertz CT molecular complexity index is 1710. The molecule has 3 saturated heterocycles. The zero-order chi connectivity index (χ0) is 45.5. The third-order valence-corrected chi connectivity index (χ3v) is 11.8. The van der Waals surface area contributed by atoms with Crippen LogP contribution < -0.4 is 27.0 Å². The van der Waals surface area contributed by atoms with Crippen molar-refractivity contribution in [1.29, 1.82) is 0 Å². The monoisotopic (exact) mass is 1070 g/mol. The van der Waals surface area contributed by atoms with Gasteiger partial charge in [-0.25, -0.2) is 0 Å². The van der Waals surface area contributed by atoms with Gasteiger partial charge in [-0.15, -0.1) is 0 Å². The number of benzene rings is 1. The molecule has 4 rings (SSSR count). The number of hydrogen-bond donors (Lipinski definition) is 11. The van der Waals surface area contributed by atoms with Gasteiger partial charge in [-0.2, -0.15) is 0 Å². The number of rotatable bonds is 6. The summed E-state index contributed by atoms with van der Waals surface area (Å²) in [6, 6.07) is -5.52. The Morgan fingerprint density at radius 2 is 1.35 bits per heavy atom. The van der Waals surface area contributed by atoms with Crippen molar-refractivity contribution < 1.29 is 59.4 Å². The van der Waals surface area contributed by atoms with Crippen molar-refractivity contribution in [2.75, 3.05) is 13.1 Å². The summed E-state index contributed by atoms with van der Waals surface area (Å²) in [5, 5.41) is 76.3. The fraction of sp³-hybridized carbons (Fsp3) is 0.692. The van der Waals surface area contributed by atoms with Crippen LogP contribution in [-0.4, -0.2) is 168 Å². The smallest absolute Gasteiger partial charge is 0.248 e. The van der Waals surface area contributed by atoms with Gasteiger partial charge in [-0.1, -0.05) is 39.0 Å². The van der Waals surface area contributed by atoms with Crippen LogP contribution in [0.15, 0.2) is 18.2 Å². The summed E-state index contributed by atoms with van der Waals surface area (Å²) >= 11 is 4.24. The molecule has 0 saturated carbocycles. The molecule has 3 aliphatic rings. The SMILES string of the molecule is CCC(O)C1NC(=O)C(C(O)C(C)c2ccc(C)c(C)c2)NC(=O)C2CC(O)CN2C(=O)C(C(C)O)NC(=O)C(N)CC(O)C(C)NC(=O)C2C(O)C(C)CN2C1=O.II. The number of nitrogens with zero attached hydrogens (tertiary/aromatic N) is 2. The Balaban J connectivity index is 0.00000473. The normalized spacial score (nSPS) is 33.4. The molecule has 6 amide bonds. The molecule has 3 aliphatic heterocycles. The molecule has 3 heterocycles. The van der Waals surface area contributed by atoms with Crippen molar-refractivity contribution in [2.45, 2.75) is 153 Å². The molecule has 15 unspecified atom stereocenters. The molecule has 0 bridgehead atoms. The summed E-state index contributed by atoms with van der Waals surface area (Å²) in [5.74, 6) is -7.39. The van der Waals surface area contributed by atoms with Gasteiger partial charge in [0.2, 0.25) is 35.4 Å². The lowest BCUT2D eigenvalue weighted by Gasteiger charge is -2.35. The van der Waals surface area contributed by atoms with Gasteiger partial charge in [-0.3, -0.25) is 28.8 Å². The number of nitrogens with one attached hydrogen (secondary N) is 4. The topological polar surface area (TPSA) is 304 Å². The van der Waals surface area contributed by atoms with Crippen molar-refractivity contribution >= 4 is 72.7 Å². The highest BCUT2D eigenvalue weighted by molar-refractivity contribution is 15.0. The minimum atomic E-state index is -1.85. The van der Waals surface area contributed by atoms with E-state index in [0.29, 0.717) is 5.56 Å². The van der Waals surface area contributed by atoms with E-state index in [9.17, 15) is 59.4 Å². The van der Waals surface area contributed by atoms with Gasteiger partial charge in [0, 0.05) is 68.6 Å². The highest BCUT2D eigenvalue weighted by Crippen LogP contribution is 2.28. The quantitative estimate of drug-likeness (QED) is 0.137. The maximum atomic E-state index is 14.4. The Morgan fingerprint density at radius 1 is 0.767 bits per heavy atom. The van der Waals surface area contributed by atoms with Crippen molar-refractivity contribution in [3.63, 3.8) is 0 Å². The maximum absolute atomic E-state index is 14.4. The molecule has 19 nitrogen and oxygen atoms in total. The van der Waals surface area contributed by atoms with E-state index in [4.69, 9.17) is 5.73 Å². The number of aliphatic hydroxyl groups is 6. The van der Waals surface area contributed by atoms with E-state index < -0.39 is 139 Å². The van der Waals surface area contributed by atoms with Crippen LogP contribution in [0.1, 0.15) is 76.5 Å². The van der Waals surface area contributed by atoms with Crippen molar-refractivity contribution in [3.05, 3.63) is 34.9 Å². The van der Waals surface area contributed by atoms with Gasteiger partial charge in [0.15, 0.2) is 0 Å². The lowest BCUT2D eigenvalue weighted by Crippen LogP contribution is -2.64. The summed E-state index contributed by atoms with van der Waals surface area (Å²) < 4.78 is 0. The second kappa shape index (κ2) is 22.5. The second-order valence-electron chi connectivity index (χ2n) is 16.3.